The second-order valence-corrected chi connectivity index (χ2v) is 8.16. The van der Waals surface area contributed by atoms with Crippen molar-refractivity contribution < 1.29 is 23.9 Å². The van der Waals surface area contributed by atoms with Crippen molar-refractivity contribution in [3.63, 3.8) is 0 Å². The Balaban J connectivity index is 1.79. The standard InChI is InChI=1S/C21H36N4O5/c1-3-30-21(29)18(24-15(2)26)13-23-20(28)17-5-4-12-25(14-17)19(27)7-6-16-8-10-22-11-9-16/h16-18,22H,3-14H2,1-2H3,(H,23,28)(H,24,26)/t17-,18?/m1/s1. The van der Waals surface area contributed by atoms with E-state index in [1.165, 1.54) is 6.92 Å². The van der Waals surface area contributed by atoms with Crippen LogP contribution in [-0.4, -0.2) is 74.0 Å². The van der Waals surface area contributed by atoms with Crippen molar-refractivity contribution >= 4 is 23.7 Å². The average Bonchev–Trinajstić information content (AvgIpc) is 2.75. The van der Waals surface area contributed by atoms with Crippen LogP contribution in [0.5, 0.6) is 0 Å². The smallest absolute Gasteiger partial charge is 0.330 e. The van der Waals surface area contributed by atoms with Gasteiger partial charge in [0, 0.05) is 33.0 Å². The number of hydrogen-bond acceptors (Lipinski definition) is 6. The number of nitrogens with zero attached hydrogens (tertiary/aromatic N) is 1. The Kier molecular flexibility index (Phi) is 10.1. The Morgan fingerprint density at radius 2 is 1.90 bits per heavy atom. The molecule has 3 N–H and O–H groups in total. The maximum Gasteiger partial charge on any atom is 0.330 e. The molecule has 2 atom stereocenters. The number of hydrogen-bond donors (Lipinski definition) is 3. The first-order valence-corrected chi connectivity index (χ1v) is 11.1. The summed E-state index contributed by atoms with van der Waals surface area (Å²) in [6.45, 7) is 6.29. The van der Waals surface area contributed by atoms with Gasteiger partial charge in [0.05, 0.1) is 12.5 Å². The number of likely N-dealkylation sites (tertiary alicyclic amines) is 1. The Morgan fingerprint density at radius 3 is 2.57 bits per heavy atom. The normalized spacial score (nSPS) is 20.9. The topological polar surface area (TPSA) is 117 Å². The van der Waals surface area contributed by atoms with Crippen molar-refractivity contribution in [2.24, 2.45) is 11.8 Å². The van der Waals surface area contributed by atoms with Crippen LogP contribution in [0.1, 0.15) is 52.4 Å². The van der Waals surface area contributed by atoms with Gasteiger partial charge in [-0.05, 0) is 58.0 Å². The van der Waals surface area contributed by atoms with Crippen molar-refractivity contribution in [2.75, 3.05) is 39.3 Å². The van der Waals surface area contributed by atoms with Crippen LogP contribution >= 0.6 is 0 Å². The number of carbonyl (C=O) groups excluding carboxylic acids is 4. The van der Waals surface area contributed by atoms with Crippen LogP contribution in [0.3, 0.4) is 0 Å². The quantitative estimate of drug-likeness (QED) is 0.455. The molecule has 9 heteroatoms. The van der Waals surface area contributed by atoms with Crippen LogP contribution in [0.15, 0.2) is 0 Å². The molecule has 2 saturated heterocycles. The zero-order chi connectivity index (χ0) is 21.9. The molecule has 3 amide bonds. The van der Waals surface area contributed by atoms with E-state index in [0.717, 1.165) is 38.8 Å². The summed E-state index contributed by atoms with van der Waals surface area (Å²) in [6.07, 6.45) is 5.17. The molecule has 0 aromatic rings. The maximum absolute atomic E-state index is 12.6. The minimum Gasteiger partial charge on any atom is -0.464 e. The summed E-state index contributed by atoms with van der Waals surface area (Å²) in [7, 11) is 0. The number of ether oxygens (including phenoxy) is 1. The summed E-state index contributed by atoms with van der Waals surface area (Å²) in [5.41, 5.74) is 0. The molecule has 0 radical (unpaired) electrons. The van der Waals surface area contributed by atoms with Crippen LogP contribution in [-0.2, 0) is 23.9 Å². The number of amides is 3. The molecule has 9 nitrogen and oxygen atoms in total. The zero-order valence-electron chi connectivity index (χ0n) is 18.2. The fourth-order valence-electron chi connectivity index (χ4n) is 4.10. The highest BCUT2D eigenvalue weighted by molar-refractivity contribution is 5.85. The molecular formula is C21H36N4O5. The van der Waals surface area contributed by atoms with Gasteiger partial charge in [0.25, 0.3) is 0 Å². The lowest BCUT2D eigenvalue weighted by atomic mass is 9.92. The van der Waals surface area contributed by atoms with Gasteiger partial charge in [0.1, 0.15) is 6.04 Å². The van der Waals surface area contributed by atoms with Crippen LogP contribution in [0, 0.1) is 11.8 Å². The van der Waals surface area contributed by atoms with Gasteiger partial charge in [-0.2, -0.15) is 0 Å². The van der Waals surface area contributed by atoms with Gasteiger partial charge in [-0.25, -0.2) is 4.79 Å². The second kappa shape index (κ2) is 12.5. The molecule has 30 heavy (non-hydrogen) atoms. The fourth-order valence-corrected chi connectivity index (χ4v) is 4.10. The molecule has 170 valence electrons. The predicted molar refractivity (Wildman–Crippen MR) is 111 cm³/mol. The molecule has 2 rings (SSSR count). The van der Waals surface area contributed by atoms with E-state index in [-0.39, 0.29) is 36.8 Å². The lowest BCUT2D eigenvalue weighted by Crippen LogP contribution is -2.51. The number of piperidine rings is 2. The van der Waals surface area contributed by atoms with Gasteiger partial charge in [0.2, 0.25) is 17.7 Å². The largest absolute Gasteiger partial charge is 0.464 e. The number of esters is 1. The predicted octanol–water partition coefficient (Wildman–Crippen LogP) is 0.189. The molecule has 2 aliphatic heterocycles. The third-order valence-electron chi connectivity index (χ3n) is 5.80. The average molecular weight is 425 g/mol. The fraction of sp³-hybridized carbons (Fsp3) is 0.810. The van der Waals surface area contributed by atoms with Gasteiger partial charge in [-0.15, -0.1) is 0 Å². The van der Waals surface area contributed by atoms with Crippen molar-refractivity contribution in [2.45, 2.75) is 58.4 Å². The zero-order valence-corrected chi connectivity index (χ0v) is 18.2. The van der Waals surface area contributed by atoms with Gasteiger partial charge >= 0.3 is 5.97 Å². The Bertz CT molecular complexity index is 606. The van der Waals surface area contributed by atoms with E-state index in [1.54, 1.807) is 11.8 Å². The van der Waals surface area contributed by atoms with Crippen LogP contribution in [0.2, 0.25) is 0 Å². The van der Waals surface area contributed by atoms with E-state index in [2.05, 4.69) is 16.0 Å². The molecular weight excluding hydrogens is 388 g/mol. The van der Waals surface area contributed by atoms with E-state index < -0.39 is 12.0 Å². The van der Waals surface area contributed by atoms with E-state index in [9.17, 15) is 19.2 Å². The molecule has 0 bridgehead atoms. The summed E-state index contributed by atoms with van der Waals surface area (Å²) >= 11 is 0. The van der Waals surface area contributed by atoms with Crippen LogP contribution in [0.25, 0.3) is 0 Å². The highest BCUT2D eigenvalue weighted by Gasteiger charge is 2.30. The summed E-state index contributed by atoms with van der Waals surface area (Å²) in [5.74, 6) is -0.731. The molecule has 2 aliphatic rings. The summed E-state index contributed by atoms with van der Waals surface area (Å²) in [6, 6.07) is -0.919. The molecule has 1 unspecified atom stereocenters. The van der Waals surface area contributed by atoms with Crippen molar-refractivity contribution in [1.82, 2.24) is 20.9 Å². The maximum atomic E-state index is 12.6. The summed E-state index contributed by atoms with van der Waals surface area (Å²) in [4.78, 5) is 50.3. The van der Waals surface area contributed by atoms with Gasteiger partial charge < -0.3 is 25.6 Å². The Morgan fingerprint density at radius 1 is 1.17 bits per heavy atom. The lowest BCUT2D eigenvalue weighted by Gasteiger charge is -2.33. The number of nitrogens with one attached hydrogen (secondary N) is 3. The van der Waals surface area contributed by atoms with Crippen LogP contribution in [0.4, 0.5) is 0 Å². The highest BCUT2D eigenvalue weighted by Crippen LogP contribution is 2.21. The number of carbonyl (C=O) groups is 4. The second-order valence-electron chi connectivity index (χ2n) is 8.16. The van der Waals surface area contributed by atoms with Gasteiger partial charge in [-0.3, -0.25) is 14.4 Å². The molecule has 0 aromatic heterocycles. The summed E-state index contributed by atoms with van der Waals surface area (Å²) in [5, 5.41) is 8.58. The van der Waals surface area contributed by atoms with Gasteiger partial charge in [-0.1, -0.05) is 0 Å². The Labute approximate surface area is 178 Å². The molecule has 0 spiro atoms. The van der Waals surface area contributed by atoms with Crippen LogP contribution < -0.4 is 16.0 Å². The molecule has 0 aliphatic carbocycles. The molecule has 2 heterocycles. The van der Waals surface area contributed by atoms with E-state index in [0.29, 0.717) is 31.8 Å². The van der Waals surface area contributed by atoms with Crippen molar-refractivity contribution in [3.05, 3.63) is 0 Å². The monoisotopic (exact) mass is 424 g/mol. The molecule has 0 saturated carbocycles. The van der Waals surface area contributed by atoms with E-state index in [1.807, 2.05) is 0 Å². The summed E-state index contributed by atoms with van der Waals surface area (Å²) < 4.78 is 4.95. The molecule has 2 fully saturated rings. The van der Waals surface area contributed by atoms with Crippen molar-refractivity contribution in [3.8, 4) is 0 Å². The first kappa shape index (κ1) is 24.1. The SMILES string of the molecule is CCOC(=O)C(CNC(=O)[C@@H]1CCCN(C(=O)CCC2CCNCC2)C1)NC(C)=O. The van der Waals surface area contributed by atoms with E-state index in [4.69, 9.17) is 4.74 Å². The first-order chi connectivity index (χ1) is 14.4. The van der Waals surface area contributed by atoms with E-state index >= 15 is 0 Å². The first-order valence-electron chi connectivity index (χ1n) is 11.1. The van der Waals surface area contributed by atoms with Gasteiger partial charge in [0.15, 0.2) is 0 Å². The molecule has 0 aromatic carbocycles. The highest BCUT2D eigenvalue weighted by atomic mass is 16.5. The van der Waals surface area contributed by atoms with Crippen molar-refractivity contribution in [1.29, 1.82) is 0 Å². The lowest BCUT2D eigenvalue weighted by molar-refractivity contribution is -0.147. The third kappa shape index (κ3) is 7.93. The minimum atomic E-state index is -0.919. The third-order valence-corrected chi connectivity index (χ3v) is 5.80. The minimum absolute atomic E-state index is 0.0303. The Hall–Kier alpha value is -2.16. The number of rotatable bonds is 9.